The Morgan fingerprint density at radius 2 is 1.67 bits per heavy atom. The molecule has 0 spiro atoms. The van der Waals surface area contributed by atoms with Crippen LogP contribution in [0.2, 0.25) is 0 Å². The van der Waals surface area contributed by atoms with Crippen molar-refractivity contribution in [1.82, 2.24) is 15.4 Å². The van der Waals surface area contributed by atoms with Gasteiger partial charge in [0.15, 0.2) is 23.0 Å². The van der Waals surface area contributed by atoms with E-state index in [9.17, 15) is 9.50 Å². The average Bonchev–Trinajstić information content (AvgIpc) is 3.29. The van der Waals surface area contributed by atoms with Crippen LogP contribution in [0.1, 0.15) is 5.56 Å². The molecule has 0 radical (unpaired) electrons. The smallest absolute Gasteiger partial charge is 0.200 e. The summed E-state index contributed by atoms with van der Waals surface area (Å²) in [5, 5.41) is 21.7. The van der Waals surface area contributed by atoms with E-state index < -0.39 is 0 Å². The Kier molecular flexibility index (Phi) is 3.95. The number of fused-ring (bicyclic) bond motifs is 1. The van der Waals surface area contributed by atoms with E-state index in [0.29, 0.717) is 39.2 Å². The summed E-state index contributed by atoms with van der Waals surface area (Å²) in [6.45, 7) is 1.67. The van der Waals surface area contributed by atoms with Gasteiger partial charge in [-0.3, -0.25) is 0 Å². The first-order chi connectivity index (χ1) is 13.0. The second-order valence-electron chi connectivity index (χ2n) is 6.00. The number of furan rings is 1. The third-order valence-corrected chi connectivity index (χ3v) is 4.33. The number of phenolic OH excluding ortho intramolecular Hbond substituents is 1. The minimum Gasteiger partial charge on any atom is -0.502 e. The zero-order valence-corrected chi connectivity index (χ0v) is 14.8. The number of halogens is 1. The predicted molar refractivity (Wildman–Crippen MR) is 96.5 cm³/mol. The van der Waals surface area contributed by atoms with Gasteiger partial charge in [0.2, 0.25) is 5.75 Å². The zero-order valence-electron chi connectivity index (χ0n) is 14.8. The van der Waals surface area contributed by atoms with E-state index in [0.717, 1.165) is 0 Å². The van der Waals surface area contributed by atoms with E-state index in [-0.39, 0.29) is 23.1 Å². The van der Waals surface area contributed by atoms with Gasteiger partial charge in [0.1, 0.15) is 17.1 Å². The largest absolute Gasteiger partial charge is 0.502 e. The predicted octanol–water partition coefficient (Wildman–Crippen LogP) is 4.06. The fourth-order valence-electron chi connectivity index (χ4n) is 2.91. The molecular formula is C19H16FN3O4. The van der Waals surface area contributed by atoms with Gasteiger partial charge in [-0.05, 0) is 42.8 Å². The molecule has 4 aromatic rings. The van der Waals surface area contributed by atoms with Gasteiger partial charge >= 0.3 is 0 Å². The molecule has 0 fully saturated rings. The summed E-state index contributed by atoms with van der Waals surface area (Å²) in [4.78, 5) is 0. The quantitative estimate of drug-likeness (QED) is 0.564. The molecule has 138 valence electrons. The summed E-state index contributed by atoms with van der Waals surface area (Å²) in [6, 6.07) is 8.00. The van der Waals surface area contributed by atoms with E-state index >= 15 is 0 Å². The lowest BCUT2D eigenvalue weighted by molar-refractivity contribution is 0.340. The van der Waals surface area contributed by atoms with Crippen molar-refractivity contribution in [3.05, 3.63) is 41.7 Å². The van der Waals surface area contributed by atoms with Crippen molar-refractivity contribution in [1.29, 1.82) is 0 Å². The maximum atomic E-state index is 13.8. The standard InChI is InChI=1S/C19H16FN3O4/c1-9-4-13-10(5-12(9)20)6-14(27-13)18-17(21-23-22-18)11-7-15(25-2)19(24)16(8-11)26-3/h4-8,24H,1-3H3,(H,21,22,23). The van der Waals surface area contributed by atoms with Crippen LogP contribution in [0, 0.1) is 12.7 Å². The molecule has 0 aliphatic carbocycles. The lowest BCUT2D eigenvalue weighted by atomic mass is 10.1. The molecule has 27 heavy (non-hydrogen) atoms. The second-order valence-corrected chi connectivity index (χ2v) is 6.00. The van der Waals surface area contributed by atoms with Gasteiger partial charge in [-0.2, -0.15) is 15.4 Å². The van der Waals surface area contributed by atoms with Crippen molar-refractivity contribution in [2.24, 2.45) is 0 Å². The normalized spacial score (nSPS) is 11.1. The van der Waals surface area contributed by atoms with Crippen molar-refractivity contribution in [3.8, 4) is 40.0 Å². The van der Waals surface area contributed by atoms with Crippen LogP contribution in [-0.2, 0) is 0 Å². The van der Waals surface area contributed by atoms with Crippen LogP contribution in [-0.4, -0.2) is 34.7 Å². The van der Waals surface area contributed by atoms with Gasteiger partial charge in [0.25, 0.3) is 0 Å². The van der Waals surface area contributed by atoms with E-state index in [2.05, 4.69) is 15.4 Å². The van der Waals surface area contributed by atoms with Crippen molar-refractivity contribution >= 4 is 11.0 Å². The van der Waals surface area contributed by atoms with Crippen LogP contribution in [0.4, 0.5) is 4.39 Å². The molecule has 0 aliphatic heterocycles. The van der Waals surface area contributed by atoms with Gasteiger partial charge in [-0.1, -0.05) is 0 Å². The molecular weight excluding hydrogens is 353 g/mol. The number of nitrogens with zero attached hydrogens (tertiary/aromatic N) is 2. The minimum atomic E-state index is -0.303. The van der Waals surface area contributed by atoms with Gasteiger partial charge in [-0.15, -0.1) is 0 Å². The fourth-order valence-corrected chi connectivity index (χ4v) is 2.91. The summed E-state index contributed by atoms with van der Waals surface area (Å²) < 4.78 is 30.1. The number of ether oxygens (including phenoxy) is 2. The monoisotopic (exact) mass is 369 g/mol. The number of benzene rings is 2. The Balaban J connectivity index is 1.87. The number of methoxy groups -OCH3 is 2. The Hall–Kier alpha value is -3.55. The number of aryl methyl sites for hydroxylation is 1. The molecule has 7 nitrogen and oxygen atoms in total. The summed E-state index contributed by atoms with van der Waals surface area (Å²) >= 11 is 0. The van der Waals surface area contributed by atoms with Crippen LogP contribution in [0.25, 0.3) is 33.7 Å². The highest BCUT2D eigenvalue weighted by molar-refractivity contribution is 5.86. The fraction of sp³-hybridized carbons (Fsp3) is 0.158. The molecule has 2 heterocycles. The highest BCUT2D eigenvalue weighted by atomic mass is 19.1. The topological polar surface area (TPSA) is 93.4 Å². The number of hydrogen-bond acceptors (Lipinski definition) is 6. The van der Waals surface area contributed by atoms with Crippen LogP contribution in [0.5, 0.6) is 17.2 Å². The Labute approximate surface area is 153 Å². The summed E-state index contributed by atoms with van der Waals surface area (Å²) in [6.07, 6.45) is 0. The summed E-state index contributed by atoms with van der Waals surface area (Å²) in [5.41, 5.74) is 2.57. The zero-order chi connectivity index (χ0) is 19.1. The third kappa shape index (κ3) is 2.75. The molecule has 0 amide bonds. The molecule has 2 aromatic carbocycles. The van der Waals surface area contributed by atoms with E-state index in [4.69, 9.17) is 13.9 Å². The Morgan fingerprint density at radius 3 is 2.33 bits per heavy atom. The van der Waals surface area contributed by atoms with Crippen LogP contribution >= 0.6 is 0 Å². The first kappa shape index (κ1) is 16.9. The third-order valence-electron chi connectivity index (χ3n) is 4.33. The number of rotatable bonds is 4. The van der Waals surface area contributed by atoms with Crippen molar-refractivity contribution in [2.75, 3.05) is 14.2 Å². The van der Waals surface area contributed by atoms with Crippen molar-refractivity contribution in [3.63, 3.8) is 0 Å². The maximum absolute atomic E-state index is 13.8. The molecule has 2 N–H and O–H groups in total. The molecule has 0 atom stereocenters. The van der Waals surface area contributed by atoms with Crippen molar-refractivity contribution in [2.45, 2.75) is 6.92 Å². The van der Waals surface area contributed by atoms with Crippen LogP contribution < -0.4 is 9.47 Å². The molecule has 0 aliphatic rings. The highest BCUT2D eigenvalue weighted by Crippen LogP contribution is 2.42. The van der Waals surface area contributed by atoms with Gasteiger partial charge in [0, 0.05) is 10.9 Å². The first-order valence-corrected chi connectivity index (χ1v) is 8.08. The molecule has 0 saturated heterocycles. The number of aromatic nitrogens is 3. The number of nitrogens with one attached hydrogen (secondary N) is 1. The first-order valence-electron chi connectivity index (χ1n) is 8.08. The summed E-state index contributed by atoms with van der Waals surface area (Å²) in [5.74, 6) is 0.498. The van der Waals surface area contributed by atoms with Crippen molar-refractivity contribution < 1.29 is 23.4 Å². The Bertz CT molecular complexity index is 1090. The maximum Gasteiger partial charge on any atom is 0.200 e. The van der Waals surface area contributed by atoms with Gasteiger partial charge in [-0.25, -0.2) is 4.39 Å². The van der Waals surface area contributed by atoms with Gasteiger partial charge < -0.3 is 19.0 Å². The van der Waals surface area contributed by atoms with E-state index in [1.54, 1.807) is 31.2 Å². The molecule has 0 saturated carbocycles. The van der Waals surface area contributed by atoms with Crippen LogP contribution in [0.3, 0.4) is 0 Å². The lowest BCUT2D eigenvalue weighted by Gasteiger charge is -2.10. The lowest BCUT2D eigenvalue weighted by Crippen LogP contribution is -1.91. The Morgan fingerprint density at radius 1 is 1.00 bits per heavy atom. The highest BCUT2D eigenvalue weighted by Gasteiger charge is 2.20. The second kappa shape index (κ2) is 6.31. The number of H-pyrrole nitrogens is 1. The van der Waals surface area contributed by atoms with E-state index in [1.807, 2.05) is 0 Å². The SMILES string of the molecule is COc1cc(-c2n[nH]nc2-c2cc3cc(F)c(C)cc3o2)cc(OC)c1O. The molecule has 4 rings (SSSR count). The number of aromatic amines is 1. The number of aromatic hydroxyl groups is 1. The number of phenols is 1. The van der Waals surface area contributed by atoms with Crippen LogP contribution in [0.15, 0.2) is 34.7 Å². The summed E-state index contributed by atoms with van der Waals surface area (Å²) in [7, 11) is 2.89. The molecule has 8 heteroatoms. The van der Waals surface area contributed by atoms with Gasteiger partial charge in [0.05, 0.1) is 14.2 Å². The molecule has 2 aromatic heterocycles. The molecule has 0 bridgehead atoms. The van der Waals surface area contributed by atoms with E-state index in [1.165, 1.54) is 20.3 Å². The molecule has 0 unspecified atom stereocenters. The number of hydrogen-bond donors (Lipinski definition) is 2. The average molecular weight is 369 g/mol. The minimum absolute atomic E-state index is 0.108.